The van der Waals surface area contributed by atoms with Gasteiger partial charge in [-0.25, -0.2) is 9.59 Å². The van der Waals surface area contributed by atoms with Gasteiger partial charge in [-0.3, -0.25) is 14.3 Å². The van der Waals surface area contributed by atoms with Gasteiger partial charge in [-0.05, 0) is 65.1 Å². The molecule has 9 heteroatoms. The van der Waals surface area contributed by atoms with Gasteiger partial charge >= 0.3 is 11.8 Å². The fourth-order valence-corrected chi connectivity index (χ4v) is 4.65. The number of likely N-dealkylation sites (tertiary alicyclic amines) is 2. The first-order valence-electron chi connectivity index (χ1n) is 11.8. The Morgan fingerprint density at radius 2 is 1.88 bits per heavy atom. The van der Waals surface area contributed by atoms with E-state index in [2.05, 4.69) is 10.2 Å². The molecule has 0 bridgehead atoms. The molecule has 2 aromatic rings. The lowest BCUT2D eigenvalue weighted by Gasteiger charge is -2.36. The number of nitrogens with zero attached hydrogens (tertiary/aromatic N) is 3. The average molecular weight is 459 g/mol. The highest BCUT2D eigenvalue weighted by Gasteiger charge is 2.32. The Bertz CT molecular complexity index is 1050. The molecule has 2 atom stereocenters. The second-order valence-electron chi connectivity index (χ2n) is 10.1. The Labute approximate surface area is 193 Å². The third-order valence-electron chi connectivity index (χ3n) is 6.21. The highest BCUT2D eigenvalue weighted by molar-refractivity contribution is 5.80. The molecule has 0 radical (unpaired) electrons. The van der Waals surface area contributed by atoms with Gasteiger partial charge in [0.05, 0.1) is 18.1 Å². The highest BCUT2D eigenvalue weighted by Crippen LogP contribution is 2.21. The van der Waals surface area contributed by atoms with E-state index in [1.165, 1.54) is 0 Å². The summed E-state index contributed by atoms with van der Waals surface area (Å²) in [4.78, 5) is 41.5. The quantitative estimate of drug-likeness (QED) is 0.757. The van der Waals surface area contributed by atoms with Gasteiger partial charge in [0.1, 0.15) is 5.60 Å². The third kappa shape index (κ3) is 5.76. The molecule has 33 heavy (non-hydrogen) atoms. The Hall–Kier alpha value is -2.81. The molecule has 0 spiro atoms. The number of piperidine rings is 2. The van der Waals surface area contributed by atoms with E-state index in [9.17, 15) is 14.4 Å². The van der Waals surface area contributed by atoms with E-state index in [4.69, 9.17) is 9.15 Å². The maximum atomic E-state index is 13.0. The van der Waals surface area contributed by atoms with Crippen LogP contribution < -0.4 is 11.1 Å². The summed E-state index contributed by atoms with van der Waals surface area (Å²) in [7, 11) is 0. The van der Waals surface area contributed by atoms with Crippen LogP contribution in [-0.4, -0.2) is 64.2 Å². The van der Waals surface area contributed by atoms with E-state index in [-0.39, 0.29) is 29.7 Å². The summed E-state index contributed by atoms with van der Waals surface area (Å²) in [6.45, 7) is 8.47. The lowest BCUT2D eigenvalue weighted by atomic mass is 9.96. The van der Waals surface area contributed by atoms with E-state index in [1.807, 2.05) is 39.0 Å². The van der Waals surface area contributed by atoms with Gasteiger partial charge in [-0.15, -0.1) is 0 Å². The number of ether oxygens (including phenoxy) is 1. The minimum atomic E-state index is -0.555. The number of aromatic nitrogens is 1. The van der Waals surface area contributed by atoms with Crippen molar-refractivity contribution < 1.29 is 18.7 Å². The standard InChI is InChI=1S/C24H34N4O5/c1-24(2,3)33-22(30)27-13-6-8-17(14-27)21(29)25-18-9-7-12-26(15-18)16-28-19-10-4-5-11-20(19)32-23(28)31/h4-5,10-11,17-18H,6-9,12-16H2,1-3H3,(H,25,29)/t17-,18-/m0/s1. The van der Waals surface area contributed by atoms with Crippen molar-refractivity contribution in [3.8, 4) is 0 Å². The van der Waals surface area contributed by atoms with Crippen LogP contribution in [0, 0.1) is 5.92 Å². The predicted molar refractivity (Wildman–Crippen MR) is 124 cm³/mol. The van der Waals surface area contributed by atoms with Crippen LogP contribution in [0.1, 0.15) is 46.5 Å². The zero-order valence-electron chi connectivity index (χ0n) is 19.7. The van der Waals surface area contributed by atoms with E-state index in [0.717, 1.165) is 37.7 Å². The van der Waals surface area contributed by atoms with Gasteiger partial charge in [0.2, 0.25) is 5.91 Å². The fraction of sp³-hybridized carbons (Fsp3) is 0.625. The van der Waals surface area contributed by atoms with E-state index >= 15 is 0 Å². The largest absolute Gasteiger partial charge is 0.444 e. The fourth-order valence-electron chi connectivity index (χ4n) is 4.65. The number of oxazole rings is 1. The first-order valence-corrected chi connectivity index (χ1v) is 11.8. The molecule has 9 nitrogen and oxygen atoms in total. The number of carbonyl (C=O) groups excluding carboxylic acids is 2. The molecule has 1 aromatic heterocycles. The number of rotatable bonds is 4. The summed E-state index contributed by atoms with van der Waals surface area (Å²) >= 11 is 0. The molecule has 0 unspecified atom stereocenters. The second-order valence-corrected chi connectivity index (χ2v) is 10.1. The zero-order chi connectivity index (χ0) is 23.6. The van der Waals surface area contributed by atoms with Gasteiger partial charge in [0.25, 0.3) is 0 Å². The minimum Gasteiger partial charge on any atom is -0.444 e. The molecule has 0 aliphatic carbocycles. The Kier molecular flexibility index (Phi) is 6.78. The van der Waals surface area contributed by atoms with Gasteiger partial charge in [-0.2, -0.15) is 0 Å². The third-order valence-corrected chi connectivity index (χ3v) is 6.21. The first-order chi connectivity index (χ1) is 15.7. The molecular formula is C24H34N4O5. The smallest absolute Gasteiger partial charge is 0.421 e. The maximum absolute atomic E-state index is 13.0. The number of carbonyl (C=O) groups is 2. The summed E-state index contributed by atoms with van der Waals surface area (Å²) in [5.41, 5.74) is 0.800. The van der Waals surface area contributed by atoms with Crippen molar-refractivity contribution in [2.75, 3.05) is 26.2 Å². The molecule has 2 aliphatic rings. The van der Waals surface area contributed by atoms with Gasteiger partial charge < -0.3 is 19.4 Å². The number of benzene rings is 1. The summed E-state index contributed by atoms with van der Waals surface area (Å²) in [5.74, 6) is -0.616. The number of hydrogen-bond acceptors (Lipinski definition) is 6. The SMILES string of the molecule is CC(C)(C)OC(=O)N1CCC[C@H](C(=O)N[C@H]2CCCN(Cn3c(=O)oc4ccccc43)C2)C1. The molecular weight excluding hydrogens is 424 g/mol. The van der Waals surface area contributed by atoms with Crippen LogP contribution in [-0.2, 0) is 16.2 Å². The molecule has 3 heterocycles. The predicted octanol–water partition coefficient (Wildman–Crippen LogP) is 2.78. The number of fused-ring (bicyclic) bond motifs is 1. The number of amides is 2. The lowest BCUT2D eigenvalue weighted by Crippen LogP contribution is -2.52. The molecule has 2 aliphatic heterocycles. The van der Waals surface area contributed by atoms with Crippen LogP contribution in [0.5, 0.6) is 0 Å². The van der Waals surface area contributed by atoms with Gasteiger partial charge in [0, 0.05) is 25.7 Å². The van der Waals surface area contributed by atoms with Crippen molar-refractivity contribution >= 4 is 23.1 Å². The number of para-hydroxylation sites is 2. The molecule has 2 amide bonds. The van der Waals surface area contributed by atoms with Crippen molar-refractivity contribution in [1.82, 2.24) is 19.7 Å². The van der Waals surface area contributed by atoms with Crippen molar-refractivity contribution in [2.45, 2.75) is 64.8 Å². The Morgan fingerprint density at radius 1 is 1.12 bits per heavy atom. The average Bonchev–Trinajstić information content (AvgIpc) is 3.08. The number of nitrogens with one attached hydrogen (secondary N) is 1. The molecule has 2 fully saturated rings. The number of hydrogen-bond donors (Lipinski definition) is 1. The monoisotopic (exact) mass is 458 g/mol. The van der Waals surface area contributed by atoms with Crippen LogP contribution in [0.4, 0.5) is 4.79 Å². The maximum Gasteiger partial charge on any atom is 0.421 e. The van der Waals surface area contributed by atoms with Crippen LogP contribution in [0.2, 0.25) is 0 Å². The van der Waals surface area contributed by atoms with E-state index in [0.29, 0.717) is 31.9 Å². The molecule has 4 rings (SSSR count). The van der Waals surface area contributed by atoms with Crippen molar-refractivity contribution in [3.63, 3.8) is 0 Å². The minimum absolute atomic E-state index is 0.0111. The van der Waals surface area contributed by atoms with Crippen LogP contribution >= 0.6 is 0 Å². The van der Waals surface area contributed by atoms with E-state index < -0.39 is 5.60 Å². The van der Waals surface area contributed by atoms with Crippen LogP contribution in [0.3, 0.4) is 0 Å². The lowest BCUT2D eigenvalue weighted by molar-refractivity contribution is -0.127. The normalized spacial score (nSPS) is 22.3. The summed E-state index contributed by atoms with van der Waals surface area (Å²) in [5, 5.41) is 3.19. The molecule has 1 N–H and O–H groups in total. The van der Waals surface area contributed by atoms with Crippen LogP contribution in [0.15, 0.2) is 33.5 Å². The van der Waals surface area contributed by atoms with Crippen molar-refractivity contribution in [1.29, 1.82) is 0 Å². The summed E-state index contributed by atoms with van der Waals surface area (Å²) < 4.78 is 12.5. The van der Waals surface area contributed by atoms with Gasteiger partial charge in [-0.1, -0.05) is 12.1 Å². The van der Waals surface area contributed by atoms with E-state index in [1.54, 1.807) is 15.5 Å². The summed E-state index contributed by atoms with van der Waals surface area (Å²) in [6.07, 6.45) is 3.01. The topological polar surface area (TPSA) is 97.0 Å². The Morgan fingerprint density at radius 3 is 2.67 bits per heavy atom. The molecule has 1 aromatic carbocycles. The summed E-state index contributed by atoms with van der Waals surface area (Å²) in [6, 6.07) is 7.41. The van der Waals surface area contributed by atoms with Gasteiger partial charge in [0.15, 0.2) is 5.58 Å². The van der Waals surface area contributed by atoms with Crippen molar-refractivity contribution in [3.05, 3.63) is 34.8 Å². The highest BCUT2D eigenvalue weighted by atomic mass is 16.6. The second kappa shape index (κ2) is 9.59. The first kappa shape index (κ1) is 23.4. The molecule has 180 valence electrons. The van der Waals surface area contributed by atoms with Crippen molar-refractivity contribution in [2.24, 2.45) is 5.92 Å². The molecule has 2 saturated heterocycles. The Balaban J connectivity index is 1.33. The van der Waals surface area contributed by atoms with Crippen LogP contribution in [0.25, 0.3) is 11.1 Å². The zero-order valence-corrected chi connectivity index (χ0v) is 19.7. The molecule has 0 saturated carbocycles.